The summed E-state index contributed by atoms with van der Waals surface area (Å²) in [5, 5.41) is 0. The third-order valence-corrected chi connectivity index (χ3v) is 2.78. The second-order valence-electron chi connectivity index (χ2n) is 4.47. The van der Waals surface area contributed by atoms with E-state index >= 15 is 0 Å². The summed E-state index contributed by atoms with van der Waals surface area (Å²) >= 11 is 0. The molecular formula is C16H17NO3. The molecule has 0 aliphatic rings. The van der Waals surface area contributed by atoms with E-state index in [9.17, 15) is 4.79 Å². The number of nitrogen functional groups attached to an aromatic ring is 1. The van der Waals surface area contributed by atoms with Crippen molar-refractivity contribution in [3.8, 4) is 5.75 Å². The van der Waals surface area contributed by atoms with E-state index in [2.05, 4.69) is 0 Å². The van der Waals surface area contributed by atoms with Crippen LogP contribution in [0.4, 0.5) is 5.69 Å². The molecule has 0 radical (unpaired) electrons. The van der Waals surface area contributed by atoms with Gasteiger partial charge in [0.05, 0.1) is 5.69 Å². The molecule has 0 amide bonds. The number of carbonyl (C=O) groups is 1. The van der Waals surface area contributed by atoms with Gasteiger partial charge in [-0.25, -0.2) is 4.79 Å². The molecule has 0 unspecified atom stereocenters. The maximum Gasteiger partial charge on any atom is 0.344 e. The van der Waals surface area contributed by atoms with Gasteiger partial charge in [-0.05, 0) is 24.6 Å². The summed E-state index contributed by atoms with van der Waals surface area (Å²) in [4.78, 5) is 11.6. The monoisotopic (exact) mass is 271 g/mol. The molecule has 0 aliphatic heterocycles. The van der Waals surface area contributed by atoms with Crippen LogP contribution >= 0.6 is 0 Å². The first kappa shape index (κ1) is 13.9. The minimum atomic E-state index is -0.422. The van der Waals surface area contributed by atoms with Crippen molar-refractivity contribution in [1.82, 2.24) is 0 Å². The number of nitrogens with two attached hydrogens (primary N) is 1. The fourth-order valence-electron chi connectivity index (χ4n) is 1.64. The summed E-state index contributed by atoms with van der Waals surface area (Å²) in [7, 11) is 0. The molecule has 0 fully saturated rings. The van der Waals surface area contributed by atoms with Gasteiger partial charge in [0.15, 0.2) is 6.61 Å². The maximum absolute atomic E-state index is 11.6. The number of rotatable bonds is 5. The van der Waals surface area contributed by atoms with Gasteiger partial charge in [0.1, 0.15) is 12.4 Å². The zero-order valence-electron chi connectivity index (χ0n) is 11.3. The quantitative estimate of drug-likeness (QED) is 0.671. The second-order valence-corrected chi connectivity index (χ2v) is 4.47. The summed E-state index contributed by atoms with van der Waals surface area (Å²) in [6.07, 6.45) is 0. The molecule has 0 saturated carbocycles. The third kappa shape index (κ3) is 4.02. The molecule has 0 atom stereocenters. The first-order valence-electron chi connectivity index (χ1n) is 6.33. The Morgan fingerprint density at radius 3 is 2.50 bits per heavy atom. The van der Waals surface area contributed by atoms with Crippen molar-refractivity contribution in [2.45, 2.75) is 13.5 Å². The van der Waals surface area contributed by atoms with E-state index in [1.54, 1.807) is 24.3 Å². The Morgan fingerprint density at radius 1 is 1.10 bits per heavy atom. The Hall–Kier alpha value is -2.49. The number of benzene rings is 2. The van der Waals surface area contributed by atoms with Crippen LogP contribution in [0.1, 0.15) is 11.1 Å². The van der Waals surface area contributed by atoms with Crippen LogP contribution in [0.15, 0.2) is 48.5 Å². The summed E-state index contributed by atoms with van der Waals surface area (Å²) in [6, 6.07) is 14.8. The highest BCUT2D eigenvalue weighted by atomic mass is 16.6. The Labute approximate surface area is 118 Å². The van der Waals surface area contributed by atoms with E-state index < -0.39 is 5.97 Å². The van der Waals surface area contributed by atoms with Gasteiger partial charge in [0.2, 0.25) is 0 Å². The zero-order valence-corrected chi connectivity index (χ0v) is 11.3. The average molecular weight is 271 g/mol. The van der Waals surface area contributed by atoms with Crippen LogP contribution < -0.4 is 10.5 Å². The normalized spacial score (nSPS) is 10.1. The lowest BCUT2D eigenvalue weighted by molar-refractivity contribution is -0.147. The number of aryl methyl sites for hydroxylation is 1. The highest BCUT2D eigenvalue weighted by molar-refractivity contribution is 5.71. The maximum atomic E-state index is 11.6. The highest BCUT2D eigenvalue weighted by Gasteiger charge is 2.06. The fraction of sp³-hybridized carbons (Fsp3) is 0.188. The minimum Gasteiger partial charge on any atom is -0.480 e. The number of hydrogen-bond acceptors (Lipinski definition) is 4. The van der Waals surface area contributed by atoms with Gasteiger partial charge in [0, 0.05) is 0 Å². The topological polar surface area (TPSA) is 61.5 Å². The molecular weight excluding hydrogens is 254 g/mol. The lowest BCUT2D eigenvalue weighted by atomic mass is 10.2. The molecule has 4 heteroatoms. The van der Waals surface area contributed by atoms with Gasteiger partial charge in [-0.2, -0.15) is 0 Å². The van der Waals surface area contributed by atoms with Gasteiger partial charge in [-0.3, -0.25) is 0 Å². The predicted molar refractivity (Wildman–Crippen MR) is 77.3 cm³/mol. The molecule has 0 spiro atoms. The molecule has 2 rings (SSSR count). The fourth-order valence-corrected chi connectivity index (χ4v) is 1.64. The molecule has 2 aromatic carbocycles. The van der Waals surface area contributed by atoms with Crippen molar-refractivity contribution in [2.75, 3.05) is 12.3 Å². The first-order valence-corrected chi connectivity index (χ1v) is 6.33. The number of esters is 1. The Balaban J connectivity index is 1.78. The van der Waals surface area contributed by atoms with Crippen molar-refractivity contribution >= 4 is 11.7 Å². The summed E-state index contributed by atoms with van der Waals surface area (Å²) in [5.41, 5.74) is 8.32. The van der Waals surface area contributed by atoms with Crippen LogP contribution in [-0.4, -0.2) is 12.6 Å². The highest BCUT2D eigenvalue weighted by Crippen LogP contribution is 2.19. The molecule has 2 aromatic rings. The standard InChI is InChI=1S/C16H17NO3/c1-12-6-8-13(9-7-12)10-20-16(18)11-19-15-5-3-2-4-14(15)17/h2-9H,10-11,17H2,1H3. The third-order valence-electron chi connectivity index (χ3n) is 2.78. The Kier molecular flexibility index (Phi) is 4.60. The number of anilines is 1. The van der Waals surface area contributed by atoms with Crippen LogP contribution in [0.2, 0.25) is 0 Å². The van der Waals surface area contributed by atoms with Crippen molar-refractivity contribution in [1.29, 1.82) is 0 Å². The minimum absolute atomic E-state index is 0.153. The van der Waals surface area contributed by atoms with Gasteiger partial charge in [-0.15, -0.1) is 0 Å². The number of carbonyl (C=O) groups excluding carboxylic acids is 1. The van der Waals surface area contributed by atoms with Crippen LogP contribution in [0, 0.1) is 6.92 Å². The Bertz CT molecular complexity index is 579. The lowest BCUT2D eigenvalue weighted by Gasteiger charge is -2.08. The smallest absolute Gasteiger partial charge is 0.344 e. The summed E-state index contributed by atoms with van der Waals surface area (Å²) < 4.78 is 10.4. The van der Waals surface area contributed by atoms with E-state index in [4.69, 9.17) is 15.2 Å². The van der Waals surface area contributed by atoms with E-state index in [0.29, 0.717) is 11.4 Å². The van der Waals surface area contributed by atoms with E-state index in [0.717, 1.165) is 5.56 Å². The van der Waals surface area contributed by atoms with Crippen LogP contribution in [0.5, 0.6) is 5.75 Å². The SMILES string of the molecule is Cc1ccc(COC(=O)COc2ccccc2N)cc1. The molecule has 0 heterocycles. The molecule has 0 aromatic heterocycles. The average Bonchev–Trinajstić information content (AvgIpc) is 2.46. The summed E-state index contributed by atoms with van der Waals surface area (Å²) in [5.74, 6) is 0.0635. The molecule has 104 valence electrons. The van der Waals surface area contributed by atoms with Crippen LogP contribution in [-0.2, 0) is 16.1 Å². The van der Waals surface area contributed by atoms with Crippen LogP contribution in [0.3, 0.4) is 0 Å². The molecule has 0 saturated heterocycles. The van der Waals surface area contributed by atoms with E-state index in [1.807, 2.05) is 31.2 Å². The van der Waals surface area contributed by atoms with Crippen molar-refractivity contribution in [3.05, 3.63) is 59.7 Å². The lowest BCUT2D eigenvalue weighted by Crippen LogP contribution is -2.15. The largest absolute Gasteiger partial charge is 0.480 e. The van der Waals surface area contributed by atoms with Crippen molar-refractivity contribution < 1.29 is 14.3 Å². The molecule has 4 nitrogen and oxygen atoms in total. The van der Waals surface area contributed by atoms with Gasteiger partial charge in [-0.1, -0.05) is 42.0 Å². The zero-order chi connectivity index (χ0) is 14.4. The van der Waals surface area contributed by atoms with Gasteiger partial charge < -0.3 is 15.2 Å². The van der Waals surface area contributed by atoms with E-state index in [1.165, 1.54) is 5.56 Å². The molecule has 2 N–H and O–H groups in total. The van der Waals surface area contributed by atoms with Crippen LogP contribution in [0.25, 0.3) is 0 Å². The van der Waals surface area contributed by atoms with E-state index in [-0.39, 0.29) is 13.2 Å². The number of hydrogen-bond donors (Lipinski definition) is 1. The number of para-hydroxylation sites is 2. The molecule has 0 aliphatic carbocycles. The summed E-state index contributed by atoms with van der Waals surface area (Å²) in [6.45, 7) is 2.10. The second kappa shape index (κ2) is 6.61. The molecule has 0 bridgehead atoms. The first-order chi connectivity index (χ1) is 9.65. The number of ether oxygens (including phenoxy) is 2. The Morgan fingerprint density at radius 2 is 1.80 bits per heavy atom. The predicted octanol–water partition coefficient (Wildman–Crippen LogP) is 2.70. The molecule has 20 heavy (non-hydrogen) atoms. The van der Waals surface area contributed by atoms with Gasteiger partial charge in [0.25, 0.3) is 0 Å². The van der Waals surface area contributed by atoms with Gasteiger partial charge >= 0.3 is 5.97 Å². The van der Waals surface area contributed by atoms with Crippen molar-refractivity contribution in [3.63, 3.8) is 0 Å². The van der Waals surface area contributed by atoms with Crippen molar-refractivity contribution in [2.24, 2.45) is 0 Å².